The lowest BCUT2D eigenvalue weighted by Gasteiger charge is -2.33. The van der Waals surface area contributed by atoms with Gasteiger partial charge in [0, 0.05) is 17.5 Å². The van der Waals surface area contributed by atoms with E-state index in [0.717, 1.165) is 11.3 Å². The average molecular weight is 479 g/mol. The molecule has 0 aliphatic rings. The number of ketones is 2. The molecule has 0 bridgehead atoms. The highest BCUT2D eigenvalue weighted by atomic mass is 16.5. The second-order valence-corrected chi connectivity index (χ2v) is 8.91. The Bertz CT molecular complexity index is 1210. The van der Waals surface area contributed by atoms with E-state index in [2.05, 4.69) is 0 Å². The number of carbonyl (C=O) groups excluding carboxylic acids is 2. The van der Waals surface area contributed by atoms with E-state index >= 15 is 0 Å². The third-order valence-corrected chi connectivity index (χ3v) is 6.10. The summed E-state index contributed by atoms with van der Waals surface area (Å²) in [5.74, 6) is 0.455. The van der Waals surface area contributed by atoms with Gasteiger partial charge in [-0.15, -0.1) is 0 Å². The van der Waals surface area contributed by atoms with E-state index in [9.17, 15) is 9.59 Å². The number of benzene rings is 4. The minimum Gasteiger partial charge on any atom is -0.491 e. The van der Waals surface area contributed by atoms with E-state index in [1.54, 1.807) is 60.7 Å². The minimum atomic E-state index is -1.76. The van der Waals surface area contributed by atoms with Gasteiger partial charge in [0.2, 0.25) is 17.2 Å². The normalized spacial score (nSPS) is 11.9. The summed E-state index contributed by atoms with van der Waals surface area (Å²) < 4.78 is 12.5. The zero-order chi connectivity index (χ0) is 25.4. The quantitative estimate of drug-likeness (QED) is 0.170. The number of hydrogen-bond donors (Lipinski definition) is 0. The molecule has 4 nitrogen and oxygen atoms in total. The molecule has 36 heavy (non-hydrogen) atoms. The molecule has 0 aliphatic carbocycles. The molecule has 0 amide bonds. The summed E-state index contributed by atoms with van der Waals surface area (Å²) in [5, 5.41) is 0. The van der Waals surface area contributed by atoms with E-state index in [0.29, 0.717) is 23.3 Å². The first kappa shape index (κ1) is 24.9. The number of ether oxygens (including phenoxy) is 2. The van der Waals surface area contributed by atoms with Crippen molar-refractivity contribution < 1.29 is 19.1 Å². The summed E-state index contributed by atoms with van der Waals surface area (Å²) >= 11 is 0. The molecule has 0 heterocycles. The van der Waals surface area contributed by atoms with Crippen LogP contribution >= 0.6 is 0 Å². The van der Waals surface area contributed by atoms with Crippen LogP contribution in [0, 0.1) is 6.92 Å². The SMILES string of the molecule is Cc1ccc(OC(C)CCC(Oc2ccccc2)(C(=O)c2ccccc2)C(=O)c2ccccc2)cc1. The molecule has 182 valence electrons. The van der Waals surface area contributed by atoms with Crippen molar-refractivity contribution >= 4 is 11.6 Å². The molecule has 4 rings (SSSR count). The molecular formula is C32H30O4. The van der Waals surface area contributed by atoms with Gasteiger partial charge >= 0.3 is 0 Å². The Hall–Kier alpha value is -4.18. The van der Waals surface area contributed by atoms with Gasteiger partial charge in [-0.05, 0) is 44.5 Å². The lowest BCUT2D eigenvalue weighted by Crippen LogP contribution is -2.52. The number of hydrogen-bond acceptors (Lipinski definition) is 4. The largest absolute Gasteiger partial charge is 0.491 e. The fourth-order valence-corrected chi connectivity index (χ4v) is 4.12. The Balaban J connectivity index is 1.72. The lowest BCUT2D eigenvalue weighted by molar-refractivity contribution is 0.0318. The van der Waals surface area contributed by atoms with Crippen molar-refractivity contribution in [3.63, 3.8) is 0 Å². The van der Waals surface area contributed by atoms with Gasteiger partial charge in [0.15, 0.2) is 0 Å². The molecule has 0 aromatic heterocycles. The van der Waals surface area contributed by atoms with E-state index in [1.807, 2.05) is 68.4 Å². The molecule has 1 unspecified atom stereocenters. The second-order valence-electron chi connectivity index (χ2n) is 8.91. The molecule has 0 aliphatic heterocycles. The van der Waals surface area contributed by atoms with Crippen molar-refractivity contribution in [2.75, 3.05) is 0 Å². The summed E-state index contributed by atoms with van der Waals surface area (Å²) in [5.41, 5.74) is 0.233. The highest BCUT2D eigenvalue weighted by Crippen LogP contribution is 2.32. The van der Waals surface area contributed by atoms with Gasteiger partial charge in [0.25, 0.3) is 0 Å². The molecule has 0 saturated heterocycles. The first-order chi connectivity index (χ1) is 17.5. The van der Waals surface area contributed by atoms with Gasteiger partial charge in [-0.1, -0.05) is 96.6 Å². The molecule has 1 atom stereocenters. The van der Waals surface area contributed by atoms with Crippen molar-refractivity contribution in [3.05, 3.63) is 132 Å². The van der Waals surface area contributed by atoms with Gasteiger partial charge < -0.3 is 9.47 Å². The maximum absolute atomic E-state index is 14.1. The molecular weight excluding hydrogens is 448 g/mol. The van der Waals surface area contributed by atoms with Gasteiger partial charge in [0.1, 0.15) is 11.5 Å². The van der Waals surface area contributed by atoms with Crippen LogP contribution in [0.1, 0.15) is 46.0 Å². The third-order valence-electron chi connectivity index (χ3n) is 6.10. The first-order valence-corrected chi connectivity index (χ1v) is 12.1. The Morgan fingerprint density at radius 2 is 1.14 bits per heavy atom. The lowest BCUT2D eigenvalue weighted by atomic mass is 9.81. The maximum atomic E-state index is 14.1. The topological polar surface area (TPSA) is 52.6 Å². The minimum absolute atomic E-state index is 0.149. The van der Waals surface area contributed by atoms with Crippen molar-refractivity contribution in [1.29, 1.82) is 0 Å². The van der Waals surface area contributed by atoms with Gasteiger partial charge in [-0.2, -0.15) is 0 Å². The van der Waals surface area contributed by atoms with E-state index in [1.165, 1.54) is 0 Å². The van der Waals surface area contributed by atoms with Gasteiger partial charge in [-0.3, -0.25) is 9.59 Å². The number of carbonyl (C=O) groups is 2. The van der Waals surface area contributed by atoms with Crippen LogP contribution in [-0.2, 0) is 0 Å². The number of Topliss-reactive ketones (excluding diaryl/α,β-unsaturated/α-hetero) is 2. The Morgan fingerprint density at radius 3 is 1.64 bits per heavy atom. The Kier molecular flexibility index (Phi) is 7.96. The molecule has 4 aromatic rings. The summed E-state index contributed by atoms with van der Waals surface area (Å²) in [6.45, 7) is 3.96. The number of rotatable bonds is 11. The molecule has 0 radical (unpaired) electrons. The molecule has 0 saturated carbocycles. The highest BCUT2D eigenvalue weighted by Gasteiger charge is 2.49. The second kappa shape index (κ2) is 11.5. The van der Waals surface area contributed by atoms with Crippen molar-refractivity contribution in [2.45, 2.75) is 38.4 Å². The fourth-order valence-electron chi connectivity index (χ4n) is 4.12. The van der Waals surface area contributed by atoms with Crippen LogP contribution in [-0.4, -0.2) is 23.3 Å². The standard InChI is InChI=1S/C32H30O4/c1-24-18-20-28(21-19-24)35-25(2)22-23-32(36-29-16-10-5-11-17-29,30(33)26-12-6-3-7-13-26)31(34)27-14-8-4-9-15-27/h3-21,25H,22-23H2,1-2H3. The number of para-hydroxylation sites is 1. The molecule has 4 aromatic carbocycles. The van der Waals surface area contributed by atoms with Crippen LogP contribution < -0.4 is 9.47 Å². The first-order valence-electron chi connectivity index (χ1n) is 12.1. The third kappa shape index (κ3) is 5.89. The van der Waals surface area contributed by atoms with Gasteiger partial charge in [-0.25, -0.2) is 0 Å². The van der Waals surface area contributed by atoms with Gasteiger partial charge in [0.05, 0.1) is 6.10 Å². The summed E-state index contributed by atoms with van der Waals surface area (Å²) in [7, 11) is 0. The summed E-state index contributed by atoms with van der Waals surface area (Å²) in [6, 6.07) is 34.6. The van der Waals surface area contributed by atoms with Crippen LogP contribution in [0.5, 0.6) is 11.5 Å². The summed E-state index contributed by atoms with van der Waals surface area (Å²) in [4.78, 5) is 28.2. The highest BCUT2D eigenvalue weighted by molar-refractivity contribution is 6.22. The van der Waals surface area contributed by atoms with E-state index < -0.39 is 5.60 Å². The Labute approximate surface area is 212 Å². The molecule has 0 spiro atoms. The predicted octanol–water partition coefficient (Wildman–Crippen LogP) is 7.13. The average Bonchev–Trinajstić information content (AvgIpc) is 2.93. The van der Waals surface area contributed by atoms with Crippen molar-refractivity contribution in [2.24, 2.45) is 0 Å². The molecule has 0 fully saturated rings. The van der Waals surface area contributed by atoms with Crippen LogP contribution in [0.3, 0.4) is 0 Å². The monoisotopic (exact) mass is 478 g/mol. The molecule has 0 N–H and O–H groups in total. The zero-order valence-electron chi connectivity index (χ0n) is 20.6. The van der Waals surface area contributed by atoms with Crippen LogP contribution in [0.4, 0.5) is 0 Å². The Morgan fingerprint density at radius 1 is 0.667 bits per heavy atom. The van der Waals surface area contributed by atoms with E-state index in [4.69, 9.17) is 9.47 Å². The van der Waals surface area contributed by atoms with Crippen LogP contribution in [0.25, 0.3) is 0 Å². The molecule has 4 heteroatoms. The summed E-state index contributed by atoms with van der Waals surface area (Å²) in [6.07, 6.45) is 0.326. The van der Waals surface area contributed by atoms with Crippen LogP contribution in [0.2, 0.25) is 0 Å². The van der Waals surface area contributed by atoms with Crippen LogP contribution in [0.15, 0.2) is 115 Å². The fraction of sp³-hybridized carbons (Fsp3) is 0.188. The predicted molar refractivity (Wildman–Crippen MR) is 142 cm³/mol. The van der Waals surface area contributed by atoms with Crippen molar-refractivity contribution in [1.82, 2.24) is 0 Å². The van der Waals surface area contributed by atoms with E-state index in [-0.39, 0.29) is 24.1 Å². The smallest absolute Gasteiger partial charge is 0.233 e. The van der Waals surface area contributed by atoms with Crippen molar-refractivity contribution in [3.8, 4) is 11.5 Å². The zero-order valence-corrected chi connectivity index (χ0v) is 20.6. The number of aryl methyl sites for hydroxylation is 1. The maximum Gasteiger partial charge on any atom is 0.233 e.